The molecular formula is C14H18O4S. The van der Waals surface area contributed by atoms with Gasteiger partial charge in [-0.1, -0.05) is 12.1 Å². The standard InChI is InChI=1S/C14H18O4S/c1-14(2)8-7-10(18-14)9-19(17)12-6-4-3-5-11(12)13(15)16/h3-6,10H,7-9H2,1-2H3,(H,15,16). The maximum Gasteiger partial charge on any atom is 0.336 e. The highest BCUT2D eigenvalue weighted by Gasteiger charge is 2.33. The highest BCUT2D eigenvalue weighted by Crippen LogP contribution is 2.30. The van der Waals surface area contributed by atoms with E-state index in [2.05, 4.69) is 0 Å². The van der Waals surface area contributed by atoms with Gasteiger partial charge in [0.25, 0.3) is 0 Å². The van der Waals surface area contributed by atoms with Crippen LogP contribution in [-0.2, 0) is 15.5 Å². The number of carboxylic acid groups (broad SMARTS) is 1. The van der Waals surface area contributed by atoms with Gasteiger partial charge in [0.1, 0.15) is 0 Å². The first-order valence-electron chi connectivity index (χ1n) is 6.27. The van der Waals surface area contributed by atoms with Gasteiger partial charge < -0.3 is 9.84 Å². The summed E-state index contributed by atoms with van der Waals surface area (Å²) < 4.78 is 18.1. The second-order valence-electron chi connectivity index (χ2n) is 5.35. The summed E-state index contributed by atoms with van der Waals surface area (Å²) in [5.41, 5.74) is -0.0562. The van der Waals surface area contributed by atoms with Crippen LogP contribution in [0.15, 0.2) is 29.2 Å². The topological polar surface area (TPSA) is 63.6 Å². The van der Waals surface area contributed by atoms with Crippen LogP contribution in [0.2, 0.25) is 0 Å². The van der Waals surface area contributed by atoms with Crippen LogP contribution in [0.5, 0.6) is 0 Å². The van der Waals surface area contributed by atoms with Crippen molar-refractivity contribution in [3.05, 3.63) is 29.8 Å². The summed E-state index contributed by atoms with van der Waals surface area (Å²) in [5.74, 6) is -0.690. The number of ether oxygens (including phenoxy) is 1. The minimum atomic E-state index is -1.34. The molecule has 2 atom stereocenters. The van der Waals surface area contributed by atoms with Crippen molar-refractivity contribution >= 4 is 16.8 Å². The molecule has 19 heavy (non-hydrogen) atoms. The Morgan fingerprint density at radius 2 is 2.16 bits per heavy atom. The number of hydrogen-bond donors (Lipinski definition) is 1. The van der Waals surface area contributed by atoms with Crippen molar-refractivity contribution in [1.29, 1.82) is 0 Å². The fraction of sp³-hybridized carbons (Fsp3) is 0.500. The molecule has 0 radical (unpaired) electrons. The van der Waals surface area contributed by atoms with Crippen molar-refractivity contribution < 1.29 is 18.8 Å². The van der Waals surface area contributed by atoms with Crippen molar-refractivity contribution in [1.82, 2.24) is 0 Å². The molecule has 1 N–H and O–H groups in total. The van der Waals surface area contributed by atoms with Gasteiger partial charge in [-0.2, -0.15) is 0 Å². The van der Waals surface area contributed by atoms with Gasteiger partial charge in [0.15, 0.2) is 0 Å². The van der Waals surface area contributed by atoms with Crippen LogP contribution in [0.25, 0.3) is 0 Å². The lowest BCUT2D eigenvalue weighted by atomic mass is 10.1. The highest BCUT2D eigenvalue weighted by molar-refractivity contribution is 7.85. The van der Waals surface area contributed by atoms with Crippen LogP contribution < -0.4 is 0 Å². The molecule has 0 aromatic heterocycles. The molecule has 4 nitrogen and oxygen atoms in total. The Kier molecular flexibility index (Phi) is 4.06. The Bertz CT molecular complexity index is 510. The molecule has 0 amide bonds. The molecule has 1 fully saturated rings. The van der Waals surface area contributed by atoms with Gasteiger partial charge in [-0.25, -0.2) is 4.79 Å². The zero-order valence-electron chi connectivity index (χ0n) is 11.1. The molecule has 1 aliphatic rings. The maximum atomic E-state index is 12.3. The molecule has 2 unspecified atom stereocenters. The van der Waals surface area contributed by atoms with Crippen LogP contribution in [0.3, 0.4) is 0 Å². The Hall–Kier alpha value is -1.20. The summed E-state index contributed by atoms with van der Waals surface area (Å²) >= 11 is 0. The van der Waals surface area contributed by atoms with E-state index < -0.39 is 16.8 Å². The first-order chi connectivity index (χ1) is 8.89. The second-order valence-corrected chi connectivity index (χ2v) is 6.82. The Balaban J connectivity index is 2.11. The fourth-order valence-electron chi connectivity index (χ4n) is 2.30. The number of aromatic carboxylic acids is 1. The van der Waals surface area contributed by atoms with E-state index >= 15 is 0 Å². The molecule has 1 heterocycles. The third-order valence-corrected chi connectivity index (χ3v) is 4.78. The van der Waals surface area contributed by atoms with E-state index in [-0.39, 0.29) is 17.3 Å². The maximum absolute atomic E-state index is 12.3. The first kappa shape index (κ1) is 14.2. The molecule has 0 aliphatic carbocycles. The van der Waals surface area contributed by atoms with Crippen molar-refractivity contribution in [2.45, 2.75) is 43.3 Å². The van der Waals surface area contributed by atoms with Crippen molar-refractivity contribution in [2.75, 3.05) is 5.75 Å². The van der Waals surface area contributed by atoms with E-state index in [0.29, 0.717) is 10.6 Å². The Labute approximate surface area is 115 Å². The molecule has 1 aromatic carbocycles. The molecular weight excluding hydrogens is 264 g/mol. The van der Waals surface area contributed by atoms with E-state index in [1.807, 2.05) is 13.8 Å². The predicted molar refractivity (Wildman–Crippen MR) is 72.9 cm³/mol. The second kappa shape index (κ2) is 5.43. The molecule has 0 spiro atoms. The summed E-state index contributed by atoms with van der Waals surface area (Å²) in [6, 6.07) is 6.44. The number of rotatable bonds is 4. The van der Waals surface area contributed by atoms with E-state index in [1.54, 1.807) is 18.2 Å². The fourth-order valence-corrected chi connectivity index (χ4v) is 3.68. The zero-order chi connectivity index (χ0) is 14.0. The van der Waals surface area contributed by atoms with Crippen molar-refractivity contribution in [3.63, 3.8) is 0 Å². The van der Waals surface area contributed by atoms with Gasteiger partial charge in [-0.05, 0) is 38.8 Å². The molecule has 104 valence electrons. The molecule has 2 rings (SSSR count). The van der Waals surface area contributed by atoms with E-state index in [1.165, 1.54) is 6.07 Å². The Morgan fingerprint density at radius 3 is 2.74 bits per heavy atom. The number of hydrogen-bond acceptors (Lipinski definition) is 3. The van der Waals surface area contributed by atoms with Gasteiger partial charge in [0, 0.05) is 0 Å². The third kappa shape index (κ3) is 3.42. The molecule has 0 bridgehead atoms. The normalized spacial score (nSPS) is 23.2. The van der Waals surface area contributed by atoms with E-state index in [4.69, 9.17) is 9.84 Å². The zero-order valence-corrected chi connectivity index (χ0v) is 11.9. The number of benzene rings is 1. The van der Waals surface area contributed by atoms with Gasteiger partial charge in [-0.3, -0.25) is 4.21 Å². The van der Waals surface area contributed by atoms with Gasteiger partial charge >= 0.3 is 5.97 Å². The van der Waals surface area contributed by atoms with Crippen molar-refractivity contribution in [2.24, 2.45) is 0 Å². The monoisotopic (exact) mass is 282 g/mol. The SMILES string of the molecule is CC1(C)CCC(CS(=O)c2ccccc2C(=O)O)O1. The van der Waals surface area contributed by atoms with Gasteiger partial charge in [0.05, 0.1) is 38.7 Å². The first-order valence-corrected chi connectivity index (χ1v) is 7.59. The minimum absolute atomic E-state index is 0.0577. The summed E-state index contributed by atoms with van der Waals surface area (Å²) in [7, 11) is -1.34. The molecule has 1 aromatic rings. The largest absolute Gasteiger partial charge is 0.478 e. The average Bonchev–Trinajstić information content (AvgIpc) is 2.68. The number of carbonyl (C=O) groups is 1. The summed E-state index contributed by atoms with van der Waals surface area (Å²) in [5, 5.41) is 9.09. The average molecular weight is 282 g/mol. The highest BCUT2D eigenvalue weighted by atomic mass is 32.2. The van der Waals surface area contributed by atoms with E-state index in [0.717, 1.165) is 12.8 Å². The predicted octanol–water partition coefficient (Wildman–Crippen LogP) is 2.45. The Morgan fingerprint density at radius 1 is 1.47 bits per heavy atom. The molecule has 5 heteroatoms. The van der Waals surface area contributed by atoms with Crippen LogP contribution in [0, 0.1) is 0 Å². The summed E-state index contributed by atoms with van der Waals surface area (Å²) in [6.45, 7) is 4.03. The molecule has 0 saturated carbocycles. The van der Waals surface area contributed by atoms with Crippen molar-refractivity contribution in [3.8, 4) is 0 Å². The lowest BCUT2D eigenvalue weighted by Crippen LogP contribution is -2.24. The number of carboxylic acids is 1. The molecule has 1 saturated heterocycles. The lowest BCUT2D eigenvalue weighted by molar-refractivity contribution is -0.00500. The van der Waals surface area contributed by atoms with Crippen LogP contribution in [0.1, 0.15) is 37.0 Å². The summed E-state index contributed by atoms with van der Waals surface area (Å²) in [6.07, 6.45) is 1.75. The van der Waals surface area contributed by atoms with E-state index in [9.17, 15) is 9.00 Å². The van der Waals surface area contributed by atoms with Gasteiger partial charge in [-0.15, -0.1) is 0 Å². The molecule has 1 aliphatic heterocycles. The minimum Gasteiger partial charge on any atom is -0.478 e. The smallest absolute Gasteiger partial charge is 0.336 e. The van der Waals surface area contributed by atoms with Crippen LogP contribution >= 0.6 is 0 Å². The van der Waals surface area contributed by atoms with Crippen LogP contribution in [-0.4, -0.2) is 32.7 Å². The summed E-state index contributed by atoms with van der Waals surface area (Å²) in [4.78, 5) is 11.5. The lowest BCUT2D eigenvalue weighted by Gasteiger charge is -2.19. The quantitative estimate of drug-likeness (QED) is 0.921. The van der Waals surface area contributed by atoms with Crippen LogP contribution in [0.4, 0.5) is 0 Å². The van der Waals surface area contributed by atoms with Gasteiger partial charge in [0.2, 0.25) is 0 Å². The third-order valence-electron chi connectivity index (χ3n) is 3.25.